The summed E-state index contributed by atoms with van der Waals surface area (Å²) in [6, 6.07) is 5.04. The molecule has 3 nitrogen and oxygen atoms in total. The average molecular weight is 297 g/mol. The fraction of sp³-hybridized carbons (Fsp3) is 0.750. The normalized spacial score (nSPS) is 16.9. The number of ether oxygens (including phenoxy) is 2. The number of rotatable bonds is 8. The van der Waals surface area contributed by atoms with Crippen LogP contribution < -0.4 is 5.32 Å². The molecule has 20 heavy (non-hydrogen) atoms. The molecular weight excluding hydrogens is 270 g/mol. The second-order valence-corrected chi connectivity index (χ2v) is 6.46. The Hall–Kier alpha value is -0.420. The molecule has 1 aromatic heterocycles. The Morgan fingerprint density at radius 2 is 1.85 bits per heavy atom. The van der Waals surface area contributed by atoms with Gasteiger partial charge < -0.3 is 14.8 Å². The Morgan fingerprint density at radius 3 is 2.50 bits per heavy atom. The Morgan fingerprint density at radius 1 is 1.15 bits per heavy atom. The van der Waals surface area contributed by atoms with E-state index >= 15 is 0 Å². The lowest BCUT2D eigenvalue weighted by atomic mass is 9.95. The van der Waals surface area contributed by atoms with E-state index in [0.29, 0.717) is 19.3 Å². The molecule has 0 radical (unpaired) electrons. The summed E-state index contributed by atoms with van der Waals surface area (Å²) < 4.78 is 11.3. The van der Waals surface area contributed by atoms with Gasteiger partial charge >= 0.3 is 0 Å². The SMILES string of the molecule is CCOC(OCC)c1ccc(CNC2CCCCC2)s1. The molecule has 1 N–H and O–H groups in total. The molecule has 1 aliphatic rings. The maximum Gasteiger partial charge on any atom is 0.193 e. The largest absolute Gasteiger partial charge is 0.348 e. The van der Waals surface area contributed by atoms with E-state index in [2.05, 4.69) is 17.4 Å². The van der Waals surface area contributed by atoms with E-state index in [1.54, 1.807) is 11.3 Å². The van der Waals surface area contributed by atoms with Crippen molar-refractivity contribution in [2.45, 2.75) is 64.8 Å². The molecule has 0 spiro atoms. The molecule has 1 heterocycles. The number of hydrogen-bond donors (Lipinski definition) is 1. The lowest BCUT2D eigenvalue weighted by molar-refractivity contribution is -0.138. The van der Waals surface area contributed by atoms with E-state index in [0.717, 1.165) is 6.54 Å². The highest BCUT2D eigenvalue weighted by Crippen LogP contribution is 2.27. The van der Waals surface area contributed by atoms with Gasteiger partial charge in [-0.15, -0.1) is 11.3 Å². The van der Waals surface area contributed by atoms with Crippen molar-refractivity contribution in [2.75, 3.05) is 13.2 Å². The summed E-state index contributed by atoms with van der Waals surface area (Å²) in [6.45, 7) is 6.34. The number of hydrogen-bond acceptors (Lipinski definition) is 4. The first-order chi connectivity index (χ1) is 9.83. The third-order valence-electron chi connectivity index (χ3n) is 3.72. The zero-order valence-electron chi connectivity index (χ0n) is 12.7. The highest BCUT2D eigenvalue weighted by molar-refractivity contribution is 7.12. The van der Waals surface area contributed by atoms with Gasteiger partial charge in [0.05, 0.1) is 4.88 Å². The topological polar surface area (TPSA) is 30.5 Å². The first kappa shape index (κ1) is 16.0. The van der Waals surface area contributed by atoms with E-state index < -0.39 is 0 Å². The molecule has 1 aliphatic carbocycles. The van der Waals surface area contributed by atoms with Gasteiger partial charge in [0.25, 0.3) is 0 Å². The lowest BCUT2D eigenvalue weighted by Gasteiger charge is -2.22. The summed E-state index contributed by atoms with van der Waals surface area (Å²) in [5.74, 6) is 0. The van der Waals surface area contributed by atoms with Crippen LogP contribution in [-0.2, 0) is 16.0 Å². The molecule has 0 aliphatic heterocycles. The van der Waals surface area contributed by atoms with Crippen molar-refractivity contribution in [3.05, 3.63) is 21.9 Å². The zero-order valence-corrected chi connectivity index (χ0v) is 13.5. The standard InChI is InChI=1S/C16H27NO2S/c1-3-18-16(19-4-2)15-11-10-14(20-15)12-17-13-8-6-5-7-9-13/h10-11,13,16-17H,3-9,12H2,1-2H3. The van der Waals surface area contributed by atoms with E-state index in [1.165, 1.54) is 41.9 Å². The van der Waals surface area contributed by atoms with Crippen LogP contribution >= 0.6 is 11.3 Å². The van der Waals surface area contributed by atoms with Crippen LogP contribution in [0.5, 0.6) is 0 Å². The predicted molar refractivity (Wildman–Crippen MR) is 84.0 cm³/mol. The second-order valence-electron chi connectivity index (χ2n) is 5.26. The minimum Gasteiger partial charge on any atom is -0.348 e. The Labute approximate surface area is 126 Å². The van der Waals surface area contributed by atoms with Crippen molar-refractivity contribution in [3.8, 4) is 0 Å². The quantitative estimate of drug-likeness (QED) is 0.728. The van der Waals surface area contributed by atoms with Gasteiger partial charge in [0.15, 0.2) is 6.29 Å². The predicted octanol–water partition coefficient (Wildman–Crippen LogP) is 4.24. The van der Waals surface area contributed by atoms with Crippen LogP contribution in [0.2, 0.25) is 0 Å². The molecule has 0 saturated heterocycles. The molecule has 114 valence electrons. The fourth-order valence-electron chi connectivity index (χ4n) is 2.68. The maximum atomic E-state index is 5.64. The van der Waals surface area contributed by atoms with Crippen molar-refractivity contribution < 1.29 is 9.47 Å². The zero-order chi connectivity index (χ0) is 14.2. The minimum absolute atomic E-state index is 0.196. The van der Waals surface area contributed by atoms with Crippen molar-refractivity contribution in [1.29, 1.82) is 0 Å². The molecule has 0 bridgehead atoms. The lowest BCUT2D eigenvalue weighted by Crippen LogP contribution is -2.30. The third kappa shape index (κ3) is 4.85. The van der Waals surface area contributed by atoms with Gasteiger partial charge in [-0.2, -0.15) is 0 Å². The van der Waals surface area contributed by atoms with Gasteiger partial charge in [0.1, 0.15) is 0 Å². The van der Waals surface area contributed by atoms with Crippen LogP contribution in [0.4, 0.5) is 0 Å². The first-order valence-corrected chi connectivity index (χ1v) is 8.70. The average Bonchev–Trinajstić information content (AvgIpc) is 2.95. The highest BCUT2D eigenvalue weighted by Gasteiger charge is 2.16. The molecule has 0 unspecified atom stereocenters. The molecule has 1 aromatic rings. The molecule has 1 saturated carbocycles. The Bertz CT molecular complexity index is 368. The second kappa shape index (κ2) is 8.78. The van der Waals surface area contributed by atoms with E-state index in [9.17, 15) is 0 Å². The van der Waals surface area contributed by atoms with Gasteiger partial charge in [-0.25, -0.2) is 0 Å². The molecule has 0 atom stereocenters. The monoisotopic (exact) mass is 297 g/mol. The van der Waals surface area contributed by atoms with Crippen LogP contribution in [0.15, 0.2) is 12.1 Å². The van der Waals surface area contributed by atoms with Crippen molar-refractivity contribution in [1.82, 2.24) is 5.32 Å². The summed E-state index contributed by atoms with van der Waals surface area (Å²) in [5, 5.41) is 3.68. The highest BCUT2D eigenvalue weighted by atomic mass is 32.1. The van der Waals surface area contributed by atoms with Gasteiger partial charge in [-0.05, 0) is 38.8 Å². The molecule has 4 heteroatoms. The Kier molecular flexibility index (Phi) is 7.00. The molecule has 2 rings (SSSR count). The van der Waals surface area contributed by atoms with Crippen LogP contribution in [0.3, 0.4) is 0 Å². The van der Waals surface area contributed by atoms with Crippen molar-refractivity contribution in [2.24, 2.45) is 0 Å². The molecule has 0 aromatic carbocycles. The molecule has 1 fully saturated rings. The van der Waals surface area contributed by atoms with Crippen LogP contribution in [0.1, 0.15) is 62.0 Å². The molecule has 0 amide bonds. The summed E-state index contributed by atoms with van der Waals surface area (Å²) in [5.41, 5.74) is 0. The summed E-state index contributed by atoms with van der Waals surface area (Å²) in [4.78, 5) is 2.55. The van der Waals surface area contributed by atoms with Gasteiger partial charge in [0, 0.05) is 30.7 Å². The summed E-state index contributed by atoms with van der Waals surface area (Å²) >= 11 is 1.80. The maximum absolute atomic E-state index is 5.64. The van der Waals surface area contributed by atoms with Crippen molar-refractivity contribution in [3.63, 3.8) is 0 Å². The van der Waals surface area contributed by atoms with Gasteiger partial charge in [-0.3, -0.25) is 0 Å². The smallest absolute Gasteiger partial charge is 0.193 e. The third-order valence-corrected chi connectivity index (χ3v) is 4.83. The Balaban J connectivity index is 1.83. The van der Waals surface area contributed by atoms with Crippen molar-refractivity contribution >= 4 is 11.3 Å². The van der Waals surface area contributed by atoms with E-state index in [4.69, 9.17) is 9.47 Å². The van der Waals surface area contributed by atoms with E-state index in [1.807, 2.05) is 13.8 Å². The van der Waals surface area contributed by atoms with Gasteiger partial charge in [-0.1, -0.05) is 19.3 Å². The number of thiophene rings is 1. The van der Waals surface area contributed by atoms with Crippen LogP contribution in [-0.4, -0.2) is 19.3 Å². The summed E-state index contributed by atoms with van der Waals surface area (Å²) in [7, 11) is 0. The fourth-order valence-corrected chi connectivity index (χ4v) is 3.65. The summed E-state index contributed by atoms with van der Waals surface area (Å²) in [6.07, 6.45) is 6.63. The minimum atomic E-state index is -0.196. The first-order valence-electron chi connectivity index (χ1n) is 7.88. The van der Waals surface area contributed by atoms with Crippen LogP contribution in [0.25, 0.3) is 0 Å². The molecular formula is C16H27NO2S. The van der Waals surface area contributed by atoms with Crippen LogP contribution in [0, 0.1) is 0 Å². The van der Waals surface area contributed by atoms with Gasteiger partial charge in [0.2, 0.25) is 0 Å². The van der Waals surface area contributed by atoms with E-state index in [-0.39, 0.29) is 6.29 Å². The number of nitrogens with one attached hydrogen (secondary N) is 1.